The number of hydrogen-bond donors (Lipinski definition) is 1. The quantitative estimate of drug-likeness (QED) is 0.842. The first-order valence-electron chi connectivity index (χ1n) is 8.50. The summed E-state index contributed by atoms with van der Waals surface area (Å²) in [6.45, 7) is 6.09. The Morgan fingerprint density at radius 1 is 0.920 bits per heavy atom. The average molecular weight is 339 g/mol. The third-order valence-electron chi connectivity index (χ3n) is 4.13. The van der Waals surface area contributed by atoms with Gasteiger partial charge in [-0.3, -0.25) is 14.5 Å². The van der Waals surface area contributed by atoms with Gasteiger partial charge in [0.15, 0.2) is 0 Å². The lowest BCUT2D eigenvalue weighted by molar-refractivity contribution is -0.117. The molecular formula is C20H25N3O2. The van der Waals surface area contributed by atoms with Crippen LogP contribution in [-0.2, 0) is 4.79 Å². The van der Waals surface area contributed by atoms with Crippen molar-refractivity contribution in [2.24, 2.45) is 0 Å². The van der Waals surface area contributed by atoms with E-state index in [2.05, 4.69) is 5.32 Å². The maximum absolute atomic E-state index is 12.5. The van der Waals surface area contributed by atoms with Crippen LogP contribution in [-0.4, -0.2) is 43.4 Å². The molecule has 132 valence electrons. The molecule has 25 heavy (non-hydrogen) atoms. The number of para-hydroxylation sites is 1. The van der Waals surface area contributed by atoms with Crippen LogP contribution in [0.3, 0.4) is 0 Å². The van der Waals surface area contributed by atoms with E-state index in [0.29, 0.717) is 17.8 Å². The van der Waals surface area contributed by atoms with Crippen LogP contribution in [0.2, 0.25) is 0 Å². The molecule has 5 heteroatoms. The Balaban J connectivity index is 1.99. The molecule has 1 N–H and O–H groups in total. The molecule has 0 atom stereocenters. The van der Waals surface area contributed by atoms with Gasteiger partial charge in [-0.25, -0.2) is 0 Å². The molecule has 0 bridgehead atoms. The minimum atomic E-state index is -0.0905. The molecule has 5 nitrogen and oxygen atoms in total. The zero-order chi connectivity index (χ0) is 18.2. The van der Waals surface area contributed by atoms with E-state index in [1.807, 2.05) is 49.1 Å². The Bertz CT molecular complexity index is 695. The lowest BCUT2D eigenvalue weighted by Gasteiger charge is -2.18. The second kappa shape index (κ2) is 8.99. The largest absolute Gasteiger partial charge is 0.325 e. The molecule has 0 aromatic heterocycles. The Labute approximate surface area is 149 Å². The highest BCUT2D eigenvalue weighted by atomic mass is 16.2. The number of nitrogens with zero attached hydrogens (tertiary/aromatic N) is 2. The van der Waals surface area contributed by atoms with Crippen LogP contribution in [0.1, 0.15) is 24.2 Å². The van der Waals surface area contributed by atoms with Gasteiger partial charge in [-0.2, -0.15) is 0 Å². The van der Waals surface area contributed by atoms with E-state index in [0.717, 1.165) is 18.8 Å². The van der Waals surface area contributed by atoms with Crippen molar-refractivity contribution in [2.75, 3.05) is 36.9 Å². The maximum atomic E-state index is 12.5. The average Bonchev–Trinajstić information content (AvgIpc) is 2.66. The van der Waals surface area contributed by atoms with E-state index in [9.17, 15) is 9.59 Å². The monoisotopic (exact) mass is 339 g/mol. The predicted molar refractivity (Wildman–Crippen MR) is 102 cm³/mol. The van der Waals surface area contributed by atoms with Gasteiger partial charge in [0.05, 0.1) is 6.54 Å². The predicted octanol–water partition coefficient (Wildman–Crippen LogP) is 3.24. The third-order valence-corrected chi connectivity index (χ3v) is 4.13. The molecule has 2 aromatic carbocycles. The standard InChI is InChI=1S/C20H25N3O2/c1-4-23(5-2)15-19(24)21-17-13-11-16(12-14-17)20(25)22(3)18-9-7-6-8-10-18/h6-14H,4-5,15H2,1-3H3,(H,21,24). The molecule has 2 aromatic rings. The number of nitrogens with one attached hydrogen (secondary N) is 1. The summed E-state index contributed by atoms with van der Waals surface area (Å²) >= 11 is 0. The minimum absolute atomic E-state index is 0.0517. The molecule has 0 spiro atoms. The SMILES string of the molecule is CCN(CC)CC(=O)Nc1ccc(C(=O)N(C)c2ccccc2)cc1. The molecule has 0 saturated heterocycles. The number of hydrogen-bond acceptors (Lipinski definition) is 3. The Morgan fingerprint density at radius 2 is 1.52 bits per heavy atom. The van der Waals surface area contributed by atoms with Crippen LogP contribution in [0.15, 0.2) is 54.6 Å². The summed E-state index contributed by atoms with van der Waals surface area (Å²) in [5, 5.41) is 2.86. The smallest absolute Gasteiger partial charge is 0.258 e. The number of benzene rings is 2. The molecule has 0 fully saturated rings. The molecule has 0 aliphatic rings. The van der Waals surface area contributed by atoms with Crippen LogP contribution in [0, 0.1) is 0 Å². The molecule has 2 amide bonds. The van der Waals surface area contributed by atoms with Crippen LogP contribution in [0.5, 0.6) is 0 Å². The van der Waals surface area contributed by atoms with Crippen LogP contribution in [0.4, 0.5) is 11.4 Å². The van der Waals surface area contributed by atoms with Crippen molar-refractivity contribution >= 4 is 23.2 Å². The number of rotatable bonds is 7. The molecule has 2 rings (SSSR count). The molecule has 0 saturated carbocycles. The second-order valence-electron chi connectivity index (χ2n) is 5.79. The molecule has 0 aliphatic carbocycles. The van der Waals surface area contributed by atoms with Gasteiger partial charge >= 0.3 is 0 Å². The summed E-state index contributed by atoms with van der Waals surface area (Å²) in [7, 11) is 1.75. The van der Waals surface area contributed by atoms with E-state index < -0.39 is 0 Å². The highest BCUT2D eigenvalue weighted by Crippen LogP contribution is 2.16. The van der Waals surface area contributed by atoms with Crippen LogP contribution in [0.25, 0.3) is 0 Å². The second-order valence-corrected chi connectivity index (χ2v) is 5.79. The fourth-order valence-electron chi connectivity index (χ4n) is 2.51. The van der Waals surface area contributed by atoms with E-state index in [-0.39, 0.29) is 11.8 Å². The van der Waals surface area contributed by atoms with Gasteiger partial charge in [-0.15, -0.1) is 0 Å². The van der Waals surface area contributed by atoms with Gasteiger partial charge in [0, 0.05) is 24.0 Å². The Kier molecular flexibility index (Phi) is 6.71. The summed E-state index contributed by atoms with van der Waals surface area (Å²) in [6, 6.07) is 16.5. The van der Waals surface area contributed by atoms with Gasteiger partial charge in [0.25, 0.3) is 5.91 Å². The summed E-state index contributed by atoms with van der Waals surface area (Å²) < 4.78 is 0. The maximum Gasteiger partial charge on any atom is 0.258 e. The van der Waals surface area contributed by atoms with Crippen molar-refractivity contribution in [2.45, 2.75) is 13.8 Å². The molecule has 0 heterocycles. The van der Waals surface area contributed by atoms with E-state index in [1.54, 1.807) is 36.2 Å². The van der Waals surface area contributed by atoms with Crippen LogP contribution >= 0.6 is 0 Å². The van der Waals surface area contributed by atoms with Crippen molar-refractivity contribution in [3.63, 3.8) is 0 Å². The summed E-state index contributed by atoms with van der Waals surface area (Å²) in [5.74, 6) is -0.142. The number of carbonyl (C=O) groups is 2. The normalized spacial score (nSPS) is 10.6. The fourth-order valence-corrected chi connectivity index (χ4v) is 2.51. The minimum Gasteiger partial charge on any atom is -0.325 e. The van der Waals surface area contributed by atoms with Gasteiger partial charge in [0.2, 0.25) is 5.91 Å². The first-order valence-corrected chi connectivity index (χ1v) is 8.50. The lowest BCUT2D eigenvalue weighted by atomic mass is 10.1. The van der Waals surface area contributed by atoms with Gasteiger partial charge in [-0.1, -0.05) is 32.0 Å². The number of likely N-dealkylation sites (N-methyl/N-ethyl adjacent to an activating group) is 1. The van der Waals surface area contributed by atoms with Crippen molar-refractivity contribution in [1.29, 1.82) is 0 Å². The van der Waals surface area contributed by atoms with Crippen molar-refractivity contribution in [3.8, 4) is 0 Å². The van der Waals surface area contributed by atoms with Crippen molar-refractivity contribution < 1.29 is 9.59 Å². The first-order chi connectivity index (χ1) is 12.0. The third kappa shape index (κ3) is 5.16. The lowest BCUT2D eigenvalue weighted by Crippen LogP contribution is -2.32. The molecule has 0 aliphatic heterocycles. The van der Waals surface area contributed by atoms with E-state index in [1.165, 1.54) is 0 Å². The first kappa shape index (κ1) is 18.7. The van der Waals surface area contributed by atoms with Gasteiger partial charge in [0.1, 0.15) is 0 Å². The van der Waals surface area contributed by atoms with Gasteiger partial charge in [-0.05, 0) is 49.5 Å². The number of carbonyl (C=O) groups excluding carboxylic acids is 2. The van der Waals surface area contributed by atoms with Crippen molar-refractivity contribution in [1.82, 2.24) is 4.90 Å². The van der Waals surface area contributed by atoms with Gasteiger partial charge < -0.3 is 10.2 Å². The fraction of sp³-hybridized carbons (Fsp3) is 0.300. The van der Waals surface area contributed by atoms with Crippen LogP contribution < -0.4 is 10.2 Å². The Hall–Kier alpha value is -2.66. The summed E-state index contributed by atoms with van der Waals surface area (Å²) in [6.07, 6.45) is 0. The highest BCUT2D eigenvalue weighted by Gasteiger charge is 2.13. The molecule has 0 unspecified atom stereocenters. The summed E-state index contributed by atoms with van der Waals surface area (Å²) in [5.41, 5.74) is 2.10. The highest BCUT2D eigenvalue weighted by molar-refractivity contribution is 6.06. The number of anilines is 2. The van der Waals surface area contributed by atoms with Crippen molar-refractivity contribution in [3.05, 3.63) is 60.2 Å². The summed E-state index contributed by atoms with van der Waals surface area (Å²) in [4.78, 5) is 28.2. The zero-order valence-corrected chi connectivity index (χ0v) is 15.0. The number of amides is 2. The molecule has 0 radical (unpaired) electrons. The van der Waals surface area contributed by atoms with E-state index in [4.69, 9.17) is 0 Å². The zero-order valence-electron chi connectivity index (χ0n) is 15.0. The molecular weight excluding hydrogens is 314 g/mol. The Morgan fingerprint density at radius 3 is 2.08 bits per heavy atom. The van der Waals surface area contributed by atoms with E-state index >= 15 is 0 Å². The topological polar surface area (TPSA) is 52.7 Å².